The molecule has 0 saturated heterocycles. The Morgan fingerprint density at radius 2 is 1.55 bits per heavy atom. The molecule has 0 bridgehead atoms. The summed E-state index contributed by atoms with van der Waals surface area (Å²) >= 11 is 0. The third kappa shape index (κ3) is 5.13. The van der Waals surface area contributed by atoms with Gasteiger partial charge in [-0.2, -0.15) is 0 Å². The maximum Gasteiger partial charge on any atom is 0.251 e. The molecule has 2 amide bonds. The Bertz CT molecular complexity index is 1300. The Balaban J connectivity index is 1.42. The minimum absolute atomic E-state index is 0.143. The van der Waals surface area contributed by atoms with Gasteiger partial charge in [0, 0.05) is 16.8 Å². The summed E-state index contributed by atoms with van der Waals surface area (Å²) in [6.07, 6.45) is 0. The van der Waals surface area contributed by atoms with Gasteiger partial charge in [-0.25, -0.2) is 0 Å². The summed E-state index contributed by atoms with van der Waals surface area (Å²) in [7, 11) is 3.22. The first-order valence-corrected chi connectivity index (χ1v) is 10.5. The lowest BCUT2D eigenvalue weighted by molar-refractivity contribution is -0.115. The van der Waals surface area contributed by atoms with E-state index in [0.717, 1.165) is 27.6 Å². The molecule has 0 aliphatic heterocycles. The van der Waals surface area contributed by atoms with E-state index in [4.69, 9.17) is 9.47 Å². The number of fused-ring (bicyclic) bond motifs is 1. The quantitative estimate of drug-likeness (QED) is 0.429. The molecular weight excluding hydrogens is 416 g/mol. The summed E-state index contributed by atoms with van der Waals surface area (Å²) in [5.41, 5.74) is 2.87. The van der Waals surface area contributed by atoms with Crippen LogP contribution in [0.4, 0.5) is 5.69 Å². The molecule has 0 unspecified atom stereocenters. The van der Waals surface area contributed by atoms with E-state index in [9.17, 15) is 9.59 Å². The summed E-state index contributed by atoms with van der Waals surface area (Å²) in [5, 5.41) is 7.53. The van der Waals surface area contributed by atoms with Crippen molar-refractivity contribution in [1.29, 1.82) is 0 Å². The molecule has 0 saturated carbocycles. The van der Waals surface area contributed by atoms with E-state index in [2.05, 4.69) is 10.6 Å². The van der Waals surface area contributed by atoms with Crippen molar-refractivity contribution in [1.82, 2.24) is 5.32 Å². The van der Waals surface area contributed by atoms with Crippen LogP contribution >= 0.6 is 0 Å². The lowest BCUT2D eigenvalue weighted by Gasteiger charge is -2.13. The van der Waals surface area contributed by atoms with E-state index in [-0.39, 0.29) is 18.4 Å². The van der Waals surface area contributed by atoms with Crippen molar-refractivity contribution in [2.24, 2.45) is 0 Å². The van der Waals surface area contributed by atoms with Gasteiger partial charge in [0.25, 0.3) is 5.91 Å². The van der Waals surface area contributed by atoms with Gasteiger partial charge in [-0.05, 0) is 58.8 Å². The summed E-state index contributed by atoms with van der Waals surface area (Å²) in [5.74, 6) is 0.812. The molecular formula is C27H24N2O4. The highest BCUT2D eigenvalue weighted by Gasteiger charge is 2.12. The number of rotatable bonds is 7. The number of methoxy groups -OCH3 is 2. The van der Waals surface area contributed by atoms with Gasteiger partial charge in [0.05, 0.1) is 20.8 Å². The first-order chi connectivity index (χ1) is 16.1. The van der Waals surface area contributed by atoms with Gasteiger partial charge >= 0.3 is 0 Å². The molecule has 4 aromatic carbocycles. The van der Waals surface area contributed by atoms with E-state index < -0.39 is 0 Å². The van der Waals surface area contributed by atoms with Crippen LogP contribution in [0.3, 0.4) is 0 Å². The van der Waals surface area contributed by atoms with E-state index in [0.29, 0.717) is 17.0 Å². The van der Waals surface area contributed by atoms with Crippen LogP contribution < -0.4 is 20.1 Å². The second-order valence-electron chi connectivity index (χ2n) is 7.44. The van der Waals surface area contributed by atoms with Crippen molar-refractivity contribution in [3.8, 4) is 22.6 Å². The second-order valence-corrected chi connectivity index (χ2v) is 7.44. The molecule has 0 heterocycles. The lowest BCUT2D eigenvalue weighted by Crippen LogP contribution is -2.32. The number of anilines is 1. The maximum absolute atomic E-state index is 12.5. The number of nitrogens with one attached hydrogen (secondary N) is 2. The molecule has 166 valence electrons. The molecule has 0 aliphatic rings. The van der Waals surface area contributed by atoms with Gasteiger partial charge in [0.2, 0.25) is 5.91 Å². The molecule has 0 atom stereocenters. The summed E-state index contributed by atoms with van der Waals surface area (Å²) in [6.45, 7) is -0.143. The summed E-state index contributed by atoms with van der Waals surface area (Å²) in [4.78, 5) is 25.0. The van der Waals surface area contributed by atoms with Crippen molar-refractivity contribution in [2.45, 2.75) is 0 Å². The van der Waals surface area contributed by atoms with Crippen LogP contribution in [0.15, 0.2) is 84.9 Å². The Morgan fingerprint density at radius 3 is 2.27 bits per heavy atom. The van der Waals surface area contributed by atoms with Gasteiger partial charge in [-0.15, -0.1) is 0 Å². The Morgan fingerprint density at radius 1 is 0.788 bits per heavy atom. The first kappa shape index (κ1) is 21.9. The number of hydrogen-bond donors (Lipinski definition) is 2. The third-order valence-electron chi connectivity index (χ3n) is 5.31. The normalized spacial score (nSPS) is 10.5. The SMILES string of the molecule is COc1ccc(-c2cc(NC(=O)CNC(=O)c3ccc4ccccc4c3)ccc2OC)cc1. The van der Waals surface area contributed by atoms with Crippen molar-refractivity contribution < 1.29 is 19.1 Å². The predicted octanol–water partition coefficient (Wildman–Crippen LogP) is 4.89. The zero-order valence-corrected chi connectivity index (χ0v) is 18.4. The number of carbonyl (C=O) groups is 2. The van der Waals surface area contributed by atoms with Gasteiger partial charge in [0.1, 0.15) is 11.5 Å². The summed E-state index contributed by atoms with van der Waals surface area (Å²) in [6, 6.07) is 26.2. The van der Waals surface area contributed by atoms with E-state index in [1.165, 1.54) is 0 Å². The largest absolute Gasteiger partial charge is 0.497 e. The molecule has 4 rings (SSSR count). The van der Waals surface area contributed by atoms with Gasteiger partial charge in [-0.1, -0.05) is 42.5 Å². The van der Waals surface area contributed by atoms with E-state index in [1.54, 1.807) is 32.4 Å². The molecule has 4 aromatic rings. The molecule has 0 aromatic heterocycles. The fourth-order valence-corrected chi connectivity index (χ4v) is 3.58. The van der Waals surface area contributed by atoms with E-state index in [1.807, 2.05) is 66.7 Å². The minimum Gasteiger partial charge on any atom is -0.497 e. The Kier molecular flexibility index (Phi) is 6.55. The average Bonchev–Trinajstić information content (AvgIpc) is 2.87. The average molecular weight is 440 g/mol. The molecule has 0 spiro atoms. The standard InChI is InChI=1S/C27H24N2O4/c1-32-23-12-9-19(10-13-23)24-16-22(11-14-25(24)33-2)29-26(30)17-28-27(31)21-8-7-18-5-3-4-6-20(18)15-21/h3-16H,17H2,1-2H3,(H,28,31)(H,29,30). The van der Waals surface area contributed by atoms with Crippen LogP contribution in [-0.4, -0.2) is 32.6 Å². The Labute approximate surface area is 192 Å². The molecule has 33 heavy (non-hydrogen) atoms. The first-order valence-electron chi connectivity index (χ1n) is 10.5. The number of carbonyl (C=O) groups excluding carboxylic acids is 2. The van der Waals surface area contributed by atoms with Crippen molar-refractivity contribution >= 4 is 28.3 Å². The van der Waals surface area contributed by atoms with Crippen LogP contribution in [0.5, 0.6) is 11.5 Å². The zero-order chi connectivity index (χ0) is 23.2. The summed E-state index contributed by atoms with van der Waals surface area (Å²) < 4.78 is 10.7. The van der Waals surface area contributed by atoms with Crippen LogP contribution in [0.2, 0.25) is 0 Å². The smallest absolute Gasteiger partial charge is 0.251 e. The molecule has 2 N–H and O–H groups in total. The van der Waals surface area contributed by atoms with Crippen LogP contribution in [0.1, 0.15) is 10.4 Å². The van der Waals surface area contributed by atoms with Crippen LogP contribution in [0.25, 0.3) is 21.9 Å². The molecule has 0 fully saturated rings. The van der Waals surface area contributed by atoms with Gasteiger partial charge < -0.3 is 20.1 Å². The predicted molar refractivity (Wildman–Crippen MR) is 130 cm³/mol. The van der Waals surface area contributed by atoms with Crippen molar-refractivity contribution in [3.05, 3.63) is 90.5 Å². The minimum atomic E-state index is -0.324. The number of benzene rings is 4. The second kappa shape index (κ2) is 9.87. The third-order valence-corrected chi connectivity index (χ3v) is 5.31. The molecule has 6 heteroatoms. The fourth-order valence-electron chi connectivity index (χ4n) is 3.58. The van der Waals surface area contributed by atoms with Crippen molar-refractivity contribution in [2.75, 3.05) is 26.1 Å². The highest BCUT2D eigenvalue weighted by Crippen LogP contribution is 2.33. The highest BCUT2D eigenvalue weighted by atomic mass is 16.5. The van der Waals surface area contributed by atoms with Crippen LogP contribution in [0, 0.1) is 0 Å². The molecule has 0 radical (unpaired) electrons. The Hall–Kier alpha value is -4.32. The highest BCUT2D eigenvalue weighted by molar-refractivity contribution is 6.01. The lowest BCUT2D eigenvalue weighted by atomic mass is 10.0. The number of ether oxygens (including phenoxy) is 2. The maximum atomic E-state index is 12.5. The monoisotopic (exact) mass is 440 g/mol. The van der Waals surface area contributed by atoms with Crippen molar-refractivity contribution in [3.63, 3.8) is 0 Å². The fraction of sp³-hybridized carbons (Fsp3) is 0.111. The number of amides is 2. The molecule has 0 aliphatic carbocycles. The molecule has 6 nitrogen and oxygen atoms in total. The van der Waals surface area contributed by atoms with Gasteiger partial charge in [0.15, 0.2) is 0 Å². The topological polar surface area (TPSA) is 76.7 Å². The van der Waals surface area contributed by atoms with Crippen LogP contribution in [-0.2, 0) is 4.79 Å². The number of hydrogen-bond acceptors (Lipinski definition) is 4. The van der Waals surface area contributed by atoms with Gasteiger partial charge in [-0.3, -0.25) is 9.59 Å². The zero-order valence-electron chi connectivity index (χ0n) is 18.4. The van der Waals surface area contributed by atoms with E-state index >= 15 is 0 Å².